The Balaban J connectivity index is 2.24. The Morgan fingerprint density at radius 3 is 2.64 bits per heavy atom. The number of carbonyl (C=O) groups excluding carboxylic acids is 2. The van der Waals surface area contributed by atoms with E-state index in [0.717, 1.165) is 6.26 Å². The Morgan fingerprint density at radius 1 is 1.32 bits per heavy atom. The SMILES string of the molecule is CCOC(=O)C1CCCN(C(=O)c2ccc(OC)c(S(C)(=O)=O)c2)C1. The van der Waals surface area contributed by atoms with Crippen LogP contribution < -0.4 is 4.74 Å². The number of amides is 1. The van der Waals surface area contributed by atoms with Crippen LogP contribution in [0.25, 0.3) is 0 Å². The van der Waals surface area contributed by atoms with Crippen molar-refractivity contribution < 1.29 is 27.5 Å². The molecule has 0 aliphatic carbocycles. The largest absolute Gasteiger partial charge is 0.495 e. The fourth-order valence-corrected chi connectivity index (χ4v) is 3.75. The van der Waals surface area contributed by atoms with Gasteiger partial charge in [0.1, 0.15) is 10.6 Å². The fraction of sp³-hybridized carbons (Fsp3) is 0.529. The molecule has 0 bridgehead atoms. The van der Waals surface area contributed by atoms with Crippen molar-refractivity contribution in [1.29, 1.82) is 0 Å². The maximum atomic E-state index is 12.7. The minimum atomic E-state index is -3.53. The van der Waals surface area contributed by atoms with Gasteiger partial charge in [0, 0.05) is 24.9 Å². The van der Waals surface area contributed by atoms with E-state index in [0.29, 0.717) is 26.0 Å². The zero-order chi connectivity index (χ0) is 18.6. The number of sulfone groups is 1. The third-order valence-electron chi connectivity index (χ3n) is 4.14. The molecule has 7 nitrogen and oxygen atoms in total. The van der Waals surface area contributed by atoms with Gasteiger partial charge in [-0.1, -0.05) is 0 Å². The number of benzene rings is 1. The van der Waals surface area contributed by atoms with Gasteiger partial charge in [-0.25, -0.2) is 8.42 Å². The van der Waals surface area contributed by atoms with E-state index in [1.807, 2.05) is 0 Å². The molecule has 0 N–H and O–H groups in total. The lowest BCUT2D eigenvalue weighted by molar-refractivity contribution is -0.149. The van der Waals surface area contributed by atoms with Crippen molar-refractivity contribution >= 4 is 21.7 Å². The Labute approximate surface area is 147 Å². The maximum absolute atomic E-state index is 12.7. The van der Waals surface area contributed by atoms with Gasteiger partial charge in [0.05, 0.1) is 19.6 Å². The summed E-state index contributed by atoms with van der Waals surface area (Å²) >= 11 is 0. The van der Waals surface area contributed by atoms with Crippen molar-refractivity contribution in [1.82, 2.24) is 4.90 Å². The highest BCUT2D eigenvalue weighted by Crippen LogP contribution is 2.26. The molecule has 138 valence electrons. The number of likely N-dealkylation sites (tertiary alicyclic amines) is 1. The number of hydrogen-bond donors (Lipinski definition) is 0. The summed E-state index contributed by atoms with van der Waals surface area (Å²) in [6.07, 6.45) is 2.45. The van der Waals surface area contributed by atoms with Crippen molar-refractivity contribution in [2.45, 2.75) is 24.7 Å². The van der Waals surface area contributed by atoms with Gasteiger partial charge < -0.3 is 14.4 Å². The molecule has 2 rings (SSSR count). The first kappa shape index (κ1) is 19.2. The zero-order valence-corrected chi connectivity index (χ0v) is 15.5. The van der Waals surface area contributed by atoms with E-state index in [1.54, 1.807) is 11.8 Å². The lowest BCUT2D eigenvalue weighted by Crippen LogP contribution is -2.42. The van der Waals surface area contributed by atoms with Crippen molar-refractivity contribution in [3.05, 3.63) is 23.8 Å². The third kappa shape index (κ3) is 4.50. The molecule has 1 unspecified atom stereocenters. The number of carbonyl (C=O) groups is 2. The second-order valence-corrected chi connectivity index (χ2v) is 7.96. The standard InChI is InChI=1S/C17H23NO6S/c1-4-24-17(20)13-6-5-9-18(11-13)16(19)12-7-8-14(23-2)15(10-12)25(3,21)22/h7-8,10,13H,4-6,9,11H2,1-3H3. The number of esters is 1. The minimum absolute atomic E-state index is 0.0280. The van der Waals surface area contributed by atoms with Crippen molar-refractivity contribution in [3.63, 3.8) is 0 Å². The van der Waals surface area contributed by atoms with Crippen LogP contribution in [0, 0.1) is 5.92 Å². The second kappa shape index (κ2) is 7.86. The Kier molecular flexibility index (Phi) is 6.05. The highest BCUT2D eigenvalue weighted by atomic mass is 32.2. The van der Waals surface area contributed by atoms with E-state index in [4.69, 9.17) is 9.47 Å². The Bertz CT molecular complexity index is 758. The first-order valence-electron chi connectivity index (χ1n) is 8.12. The predicted octanol–water partition coefficient (Wildman–Crippen LogP) is 1.51. The molecule has 0 saturated carbocycles. The van der Waals surface area contributed by atoms with Gasteiger partial charge in [-0.15, -0.1) is 0 Å². The van der Waals surface area contributed by atoms with E-state index in [2.05, 4.69) is 0 Å². The molecular weight excluding hydrogens is 346 g/mol. The van der Waals surface area contributed by atoms with Crippen LogP contribution in [-0.2, 0) is 19.4 Å². The molecule has 8 heteroatoms. The smallest absolute Gasteiger partial charge is 0.310 e. The van der Waals surface area contributed by atoms with Crippen LogP contribution in [0.15, 0.2) is 23.1 Å². The molecular formula is C17H23NO6S. The molecule has 1 amide bonds. The molecule has 1 aliphatic heterocycles. The highest BCUT2D eigenvalue weighted by molar-refractivity contribution is 7.90. The number of rotatable bonds is 5. The predicted molar refractivity (Wildman–Crippen MR) is 91.4 cm³/mol. The van der Waals surface area contributed by atoms with E-state index >= 15 is 0 Å². The van der Waals surface area contributed by atoms with Crippen molar-refractivity contribution in [2.75, 3.05) is 33.1 Å². The fourth-order valence-electron chi connectivity index (χ4n) is 2.90. The molecule has 25 heavy (non-hydrogen) atoms. The van der Waals surface area contributed by atoms with Gasteiger partial charge in [-0.2, -0.15) is 0 Å². The van der Waals surface area contributed by atoms with Crippen LogP contribution in [0.5, 0.6) is 5.75 Å². The van der Waals surface area contributed by atoms with E-state index in [9.17, 15) is 18.0 Å². The van der Waals surface area contributed by atoms with Gasteiger partial charge in [0.15, 0.2) is 9.84 Å². The molecule has 1 aromatic carbocycles. The van der Waals surface area contributed by atoms with Crippen LogP contribution in [-0.4, -0.2) is 58.3 Å². The first-order valence-corrected chi connectivity index (χ1v) is 10.0. The number of ether oxygens (including phenoxy) is 2. The summed E-state index contributed by atoms with van der Waals surface area (Å²) in [5, 5.41) is 0. The van der Waals surface area contributed by atoms with Crippen LogP contribution in [0.2, 0.25) is 0 Å². The summed E-state index contributed by atoms with van der Waals surface area (Å²) < 4.78 is 33.9. The van der Waals surface area contributed by atoms with Gasteiger partial charge in [-0.3, -0.25) is 9.59 Å². The number of piperidine rings is 1. The lowest BCUT2D eigenvalue weighted by atomic mass is 9.97. The topological polar surface area (TPSA) is 90.0 Å². The van der Waals surface area contributed by atoms with Crippen LogP contribution in [0.1, 0.15) is 30.1 Å². The maximum Gasteiger partial charge on any atom is 0.310 e. The van der Waals surface area contributed by atoms with E-state index < -0.39 is 9.84 Å². The second-order valence-electron chi connectivity index (χ2n) is 5.98. The van der Waals surface area contributed by atoms with Crippen LogP contribution in [0.4, 0.5) is 0 Å². The summed E-state index contributed by atoms with van der Waals surface area (Å²) in [5.41, 5.74) is 0.255. The van der Waals surface area contributed by atoms with Gasteiger partial charge in [0.2, 0.25) is 0 Å². The molecule has 1 heterocycles. The number of nitrogens with zero attached hydrogens (tertiary/aromatic N) is 1. The first-order chi connectivity index (χ1) is 11.8. The molecule has 1 atom stereocenters. The molecule has 1 aliphatic rings. The number of hydrogen-bond acceptors (Lipinski definition) is 6. The normalized spacial score (nSPS) is 17.9. The summed E-state index contributed by atoms with van der Waals surface area (Å²) in [7, 11) is -2.16. The van der Waals surface area contributed by atoms with Gasteiger partial charge >= 0.3 is 5.97 Å². The summed E-state index contributed by atoms with van der Waals surface area (Å²) in [4.78, 5) is 26.2. The van der Waals surface area contributed by atoms with E-state index in [1.165, 1.54) is 25.3 Å². The van der Waals surface area contributed by atoms with Crippen LogP contribution in [0.3, 0.4) is 0 Å². The monoisotopic (exact) mass is 369 g/mol. The summed E-state index contributed by atoms with van der Waals surface area (Å²) in [6, 6.07) is 4.32. The molecule has 1 fully saturated rings. The third-order valence-corrected chi connectivity index (χ3v) is 5.26. The summed E-state index contributed by atoms with van der Waals surface area (Å²) in [5.74, 6) is -0.750. The quantitative estimate of drug-likeness (QED) is 0.731. The van der Waals surface area contributed by atoms with Crippen molar-refractivity contribution in [3.8, 4) is 5.75 Å². The van der Waals surface area contributed by atoms with Gasteiger partial charge in [0.25, 0.3) is 5.91 Å². The average Bonchev–Trinajstić information content (AvgIpc) is 2.60. The molecule has 0 spiro atoms. The van der Waals surface area contributed by atoms with Crippen LogP contribution >= 0.6 is 0 Å². The molecule has 1 aromatic rings. The molecule has 0 aromatic heterocycles. The molecule has 1 saturated heterocycles. The number of methoxy groups -OCH3 is 1. The lowest BCUT2D eigenvalue weighted by Gasteiger charge is -2.31. The van der Waals surface area contributed by atoms with E-state index in [-0.39, 0.29) is 40.5 Å². The Morgan fingerprint density at radius 2 is 2.04 bits per heavy atom. The summed E-state index contributed by atoms with van der Waals surface area (Å²) in [6.45, 7) is 2.85. The highest BCUT2D eigenvalue weighted by Gasteiger charge is 2.30. The minimum Gasteiger partial charge on any atom is -0.495 e. The average molecular weight is 369 g/mol. The Hall–Kier alpha value is -2.09. The molecule has 0 radical (unpaired) electrons. The van der Waals surface area contributed by atoms with Gasteiger partial charge in [-0.05, 0) is 38.0 Å². The van der Waals surface area contributed by atoms with Crippen molar-refractivity contribution in [2.24, 2.45) is 5.92 Å². The zero-order valence-electron chi connectivity index (χ0n) is 14.6.